The Morgan fingerprint density at radius 2 is 1.53 bits per heavy atom. The van der Waals surface area contributed by atoms with E-state index in [4.69, 9.17) is 10.8 Å². The molecule has 0 amide bonds. The minimum atomic E-state index is -0.587. The predicted octanol–water partition coefficient (Wildman–Crippen LogP) is 3.45. The highest BCUT2D eigenvalue weighted by molar-refractivity contribution is 5.83. The minimum Gasteiger partial charge on any atom is -0.506 e. The fourth-order valence-electron chi connectivity index (χ4n) is 3.44. The van der Waals surface area contributed by atoms with Gasteiger partial charge in [0.05, 0.1) is 0 Å². The van der Waals surface area contributed by atoms with Crippen molar-refractivity contribution < 1.29 is 20.1 Å². The molecule has 7 nitrogen and oxygen atoms in total. The lowest BCUT2D eigenvalue weighted by molar-refractivity contribution is -0.0918. The van der Waals surface area contributed by atoms with Crippen LogP contribution in [-0.4, -0.2) is 58.7 Å². The van der Waals surface area contributed by atoms with Crippen LogP contribution in [0.25, 0.3) is 10.9 Å². The van der Waals surface area contributed by atoms with Gasteiger partial charge in [0, 0.05) is 43.0 Å². The number of aliphatic hydroxyl groups excluding tert-OH is 1. The molecule has 4 aromatic rings. The van der Waals surface area contributed by atoms with Crippen LogP contribution in [0.2, 0.25) is 0 Å². The summed E-state index contributed by atoms with van der Waals surface area (Å²) in [5.41, 5.74) is 7.81. The van der Waals surface area contributed by atoms with Gasteiger partial charge in [-0.25, -0.2) is 0 Å². The first kappa shape index (κ1) is 26.5. The third kappa shape index (κ3) is 7.38. The molecule has 5 N–H and O–H groups in total. The number of nitrogens with zero attached hydrogens (tertiary/aromatic N) is 2. The van der Waals surface area contributed by atoms with Gasteiger partial charge in [-0.1, -0.05) is 48.5 Å². The number of carbonyl (C=O) groups is 1. The van der Waals surface area contributed by atoms with Crippen molar-refractivity contribution in [2.45, 2.75) is 5.60 Å². The maximum absolute atomic E-state index is 10.1. The lowest BCUT2D eigenvalue weighted by Gasteiger charge is -2.44. The Balaban J connectivity index is 0.000000175. The van der Waals surface area contributed by atoms with E-state index in [0.29, 0.717) is 16.8 Å². The van der Waals surface area contributed by atoms with Gasteiger partial charge in [0.1, 0.15) is 23.2 Å². The average molecular weight is 462 g/mol. The number of anilines is 1. The summed E-state index contributed by atoms with van der Waals surface area (Å²) in [5.74, 6) is 0.239. The molecule has 34 heavy (non-hydrogen) atoms. The number of aromatic nitrogens is 1. The lowest BCUT2D eigenvalue weighted by atomic mass is 9.87. The number of aromatic hydroxyl groups is 1. The molecule has 1 aliphatic heterocycles. The van der Waals surface area contributed by atoms with E-state index in [1.165, 1.54) is 0 Å². The molecule has 1 aromatic heterocycles. The van der Waals surface area contributed by atoms with E-state index in [9.17, 15) is 15.0 Å². The molecule has 0 spiro atoms. The first-order valence-electron chi connectivity index (χ1n) is 10.7. The molecular weight excluding hydrogens is 430 g/mol. The van der Waals surface area contributed by atoms with Crippen LogP contribution in [0.4, 0.5) is 5.69 Å². The van der Waals surface area contributed by atoms with E-state index in [0.717, 1.165) is 37.4 Å². The van der Waals surface area contributed by atoms with Crippen LogP contribution in [0, 0.1) is 0 Å². The number of aldehydes is 1. The van der Waals surface area contributed by atoms with Gasteiger partial charge in [0.15, 0.2) is 0 Å². The molecule has 2 heterocycles. The second-order valence-corrected chi connectivity index (χ2v) is 7.71. The first-order chi connectivity index (χ1) is 16.4. The van der Waals surface area contributed by atoms with Gasteiger partial charge in [0.25, 0.3) is 0 Å². The van der Waals surface area contributed by atoms with Crippen LogP contribution >= 0.6 is 0 Å². The fraction of sp³-hybridized carbons (Fsp3) is 0.185. The molecule has 0 bridgehead atoms. The van der Waals surface area contributed by atoms with Gasteiger partial charge >= 0.3 is 0 Å². The summed E-state index contributed by atoms with van der Waals surface area (Å²) < 4.78 is 0. The quantitative estimate of drug-likeness (QED) is 0.267. The Hall–Kier alpha value is -3.78. The standard InChI is InChI=1S/C10H13NO.C9H7NO.C7H7NO.CH4O/c1-11-7-10(12,8-11)9-5-3-2-4-6-9;11-8-5-1-3-7-4-2-6-10-9(7)8;8-7-3-1-6(5-9)2-4-7;1-2/h2-6,12H,7-8H2,1H3;1-6,11H;1-5H,8H2;2H,1H3. The molecular formula is C27H31N3O4. The Morgan fingerprint density at radius 3 is 2.09 bits per heavy atom. The zero-order valence-corrected chi connectivity index (χ0v) is 19.4. The van der Waals surface area contributed by atoms with Crippen LogP contribution in [0.1, 0.15) is 15.9 Å². The third-order valence-electron chi connectivity index (χ3n) is 5.06. The molecule has 1 fully saturated rings. The zero-order chi connectivity index (χ0) is 25.0. The number of hydrogen-bond donors (Lipinski definition) is 4. The smallest absolute Gasteiger partial charge is 0.150 e. The normalized spacial score (nSPS) is 13.5. The number of carbonyl (C=O) groups excluding carboxylic acids is 1. The van der Waals surface area contributed by atoms with Crippen molar-refractivity contribution >= 4 is 22.9 Å². The largest absolute Gasteiger partial charge is 0.506 e. The number of phenols is 1. The Morgan fingerprint density at radius 1 is 0.912 bits per heavy atom. The second kappa shape index (κ2) is 13.1. The van der Waals surface area contributed by atoms with Crippen LogP contribution in [0.15, 0.2) is 91.1 Å². The number of likely N-dealkylation sites (tertiary alicyclic amines) is 1. The third-order valence-corrected chi connectivity index (χ3v) is 5.06. The van der Waals surface area contributed by atoms with Crippen LogP contribution in [0.3, 0.4) is 0 Å². The topological polar surface area (TPSA) is 120 Å². The number of phenolic OH excluding ortho intramolecular Hbond substituents is 1. The molecule has 3 aromatic carbocycles. The maximum Gasteiger partial charge on any atom is 0.150 e. The van der Waals surface area contributed by atoms with Crippen LogP contribution < -0.4 is 5.73 Å². The van der Waals surface area contributed by atoms with Crippen LogP contribution in [0.5, 0.6) is 5.75 Å². The van der Waals surface area contributed by atoms with E-state index in [1.54, 1.807) is 42.6 Å². The fourth-order valence-corrected chi connectivity index (χ4v) is 3.44. The van der Waals surface area contributed by atoms with E-state index in [2.05, 4.69) is 9.88 Å². The van der Waals surface area contributed by atoms with E-state index >= 15 is 0 Å². The Kier molecular flexibility index (Phi) is 10.2. The Bertz CT molecular complexity index is 1140. The lowest BCUT2D eigenvalue weighted by Crippen LogP contribution is -2.57. The van der Waals surface area contributed by atoms with Gasteiger partial charge in [-0.3, -0.25) is 14.7 Å². The van der Waals surface area contributed by atoms with Gasteiger partial charge in [-0.15, -0.1) is 0 Å². The highest BCUT2D eigenvalue weighted by atomic mass is 16.3. The number of benzene rings is 3. The summed E-state index contributed by atoms with van der Waals surface area (Å²) in [4.78, 5) is 16.2. The van der Waals surface area contributed by atoms with Crippen LogP contribution in [-0.2, 0) is 5.60 Å². The van der Waals surface area contributed by atoms with Crippen molar-refractivity contribution in [2.75, 3.05) is 33.0 Å². The highest BCUT2D eigenvalue weighted by Gasteiger charge is 2.40. The number of nitrogens with two attached hydrogens (primary N) is 1. The summed E-state index contributed by atoms with van der Waals surface area (Å²) >= 11 is 0. The molecule has 5 rings (SSSR count). The van der Waals surface area contributed by atoms with Crippen molar-refractivity contribution in [1.82, 2.24) is 9.88 Å². The molecule has 1 saturated heterocycles. The molecule has 7 heteroatoms. The summed E-state index contributed by atoms with van der Waals surface area (Å²) in [6.07, 6.45) is 2.46. The van der Waals surface area contributed by atoms with Crippen molar-refractivity contribution in [3.63, 3.8) is 0 Å². The SMILES string of the molecule is CN1CC(O)(c2ccccc2)C1.CO.Nc1ccc(C=O)cc1.Oc1cccc2cccnc12. The summed E-state index contributed by atoms with van der Waals surface area (Å²) in [6.45, 7) is 1.49. The van der Waals surface area contributed by atoms with E-state index in [1.807, 2.05) is 55.6 Å². The number of likely N-dealkylation sites (N-methyl/N-ethyl adjacent to an activating group) is 1. The maximum atomic E-state index is 10.1. The van der Waals surface area contributed by atoms with Gasteiger partial charge in [-0.2, -0.15) is 0 Å². The van der Waals surface area contributed by atoms with Crippen molar-refractivity contribution in [2.24, 2.45) is 0 Å². The molecule has 0 radical (unpaired) electrons. The Labute approximate surface area is 199 Å². The number of hydrogen-bond acceptors (Lipinski definition) is 7. The molecule has 178 valence electrons. The molecule has 0 aliphatic carbocycles. The summed E-state index contributed by atoms with van der Waals surface area (Å²) in [6, 6.07) is 25.7. The summed E-state index contributed by atoms with van der Waals surface area (Å²) in [7, 11) is 3.01. The molecule has 1 aliphatic rings. The van der Waals surface area contributed by atoms with Gasteiger partial charge < -0.3 is 21.1 Å². The number of pyridine rings is 1. The van der Waals surface area contributed by atoms with E-state index < -0.39 is 5.60 Å². The number of para-hydroxylation sites is 1. The number of β-amino-alcohol motifs (C(OH)–C–C–N with tert-alkyl or cyclic N) is 1. The monoisotopic (exact) mass is 461 g/mol. The predicted molar refractivity (Wildman–Crippen MR) is 136 cm³/mol. The number of fused-ring (bicyclic) bond motifs is 1. The summed E-state index contributed by atoms with van der Waals surface area (Å²) in [5, 5.41) is 27.3. The minimum absolute atomic E-state index is 0.239. The van der Waals surface area contributed by atoms with Gasteiger partial charge in [0.2, 0.25) is 0 Å². The molecule has 0 atom stereocenters. The van der Waals surface area contributed by atoms with E-state index in [-0.39, 0.29) is 5.75 Å². The number of nitrogen functional groups attached to an aromatic ring is 1. The van der Waals surface area contributed by atoms with Gasteiger partial charge in [-0.05, 0) is 49.0 Å². The molecule has 0 unspecified atom stereocenters. The first-order valence-corrected chi connectivity index (χ1v) is 10.7. The van der Waals surface area contributed by atoms with Crippen molar-refractivity contribution in [3.05, 3.63) is 102 Å². The second-order valence-electron chi connectivity index (χ2n) is 7.71. The number of rotatable bonds is 2. The average Bonchev–Trinajstić information content (AvgIpc) is 2.87. The molecule has 0 saturated carbocycles. The number of aliphatic hydroxyl groups is 2. The van der Waals surface area contributed by atoms with Crippen molar-refractivity contribution in [3.8, 4) is 5.75 Å². The zero-order valence-electron chi connectivity index (χ0n) is 19.4. The highest BCUT2D eigenvalue weighted by Crippen LogP contribution is 2.29. The van der Waals surface area contributed by atoms with Crippen molar-refractivity contribution in [1.29, 1.82) is 0 Å².